The molecule has 1 N–H and O–H groups in total. The summed E-state index contributed by atoms with van der Waals surface area (Å²) in [6.07, 6.45) is 4.43. The number of amides is 2. The van der Waals surface area contributed by atoms with Crippen molar-refractivity contribution < 1.29 is 19.5 Å². The van der Waals surface area contributed by atoms with E-state index in [-0.39, 0.29) is 24.9 Å². The zero-order chi connectivity index (χ0) is 17.8. The van der Waals surface area contributed by atoms with E-state index in [1.54, 1.807) is 9.80 Å². The third-order valence-electron chi connectivity index (χ3n) is 5.09. The lowest BCUT2D eigenvalue weighted by Crippen LogP contribution is -2.47. The molecule has 6 heteroatoms. The molecule has 0 radical (unpaired) electrons. The third kappa shape index (κ3) is 4.00. The molecule has 0 aliphatic carbocycles. The number of carboxylic acids is 1. The molecule has 1 unspecified atom stereocenters. The first kappa shape index (κ1) is 17.5. The van der Waals surface area contributed by atoms with Crippen LogP contribution in [0.3, 0.4) is 0 Å². The van der Waals surface area contributed by atoms with Crippen LogP contribution in [0.2, 0.25) is 0 Å². The van der Waals surface area contributed by atoms with Crippen molar-refractivity contribution in [2.45, 2.75) is 44.6 Å². The number of benzene rings is 1. The van der Waals surface area contributed by atoms with Gasteiger partial charge in [-0.15, -0.1) is 0 Å². The van der Waals surface area contributed by atoms with Crippen molar-refractivity contribution in [2.24, 2.45) is 0 Å². The highest BCUT2D eigenvalue weighted by Crippen LogP contribution is 2.28. The van der Waals surface area contributed by atoms with Crippen LogP contribution in [0.1, 0.15) is 49.1 Å². The predicted molar refractivity (Wildman–Crippen MR) is 91.9 cm³/mol. The minimum absolute atomic E-state index is 0.0280. The summed E-state index contributed by atoms with van der Waals surface area (Å²) in [5.74, 6) is -1.78. The van der Waals surface area contributed by atoms with E-state index in [1.165, 1.54) is 0 Å². The summed E-state index contributed by atoms with van der Waals surface area (Å²) in [7, 11) is 0. The van der Waals surface area contributed by atoms with E-state index in [0.29, 0.717) is 19.5 Å². The third-order valence-corrected chi connectivity index (χ3v) is 5.09. The number of nitrogens with zero attached hydrogens (tertiary/aromatic N) is 2. The summed E-state index contributed by atoms with van der Waals surface area (Å²) in [4.78, 5) is 39.8. The highest BCUT2D eigenvalue weighted by atomic mass is 16.4. The van der Waals surface area contributed by atoms with Crippen LogP contribution in [0.15, 0.2) is 24.3 Å². The predicted octanol–water partition coefficient (Wildman–Crippen LogP) is 1.99. The van der Waals surface area contributed by atoms with E-state index < -0.39 is 11.9 Å². The van der Waals surface area contributed by atoms with Gasteiger partial charge < -0.3 is 14.9 Å². The maximum absolute atomic E-state index is 12.7. The molecule has 2 amide bonds. The van der Waals surface area contributed by atoms with Crippen molar-refractivity contribution in [2.75, 3.05) is 19.6 Å². The first-order chi connectivity index (χ1) is 12.1. The summed E-state index contributed by atoms with van der Waals surface area (Å²) < 4.78 is 0. The second-order valence-electron chi connectivity index (χ2n) is 6.84. The molecule has 3 rings (SSSR count). The Bertz CT molecular complexity index is 673. The molecule has 25 heavy (non-hydrogen) atoms. The summed E-state index contributed by atoms with van der Waals surface area (Å²) in [6, 6.07) is 7.36. The highest BCUT2D eigenvalue weighted by Gasteiger charge is 2.33. The van der Waals surface area contributed by atoms with Crippen LogP contribution in [0.4, 0.5) is 0 Å². The molecule has 134 valence electrons. The minimum Gasteiger partial charge on any atom is -0.481 e. The van der Waals surface area contributed by atoms with E-state index in [0.717, 1.165) is 36.8 Å². The van der Waals surface area contributed by atoms with Gasteiger partial charge in [0.15, 0.2) is 0 Å². The van der Waals surface area contributed by atoms with E-state index in [1.807, 2.05) is 24.3 Å². The molecular weight excluding hydrogens is 320 g/mol. The van der Waals surface area contributed by atoms with Gasteiger partial charge >= 0.3 is 5.97 Å². The van der Waals surface area contributed by atoms with Gasteiger partial charge in [-0.05, 0) is 24.0 Å². The van der Waals surface area contributed by atoms with Crippen LogP contribution in [0.5, 0.6) is 0 Å². The summed E-state index contributed by atoms with van der Waals surface area (Å²) >= 11 is 0. The van der Waals surface area contributed by atoms with Crippen LogP contribution in [-0.4, -0.2) is 52.3 Å². The van der Waals surface area contributed by atoms with Gasteiger partial charge in [0.2, 0.25) is 11.8 Å². The van der Waals surface area contributed by atoms with Crippen molar-refractivity contribution in [1.29, 1.82) is 0 Å². The maximum atomic E-state index is 12.7. The molecule has 1 aromatic carbocycles. The number of carboxylic acid groups (broad SMARTS) is 1. The number of carbonyl (C=O) groups excluding carboxylic acids is 2. The molecule has 2 heterocycles. The lowest BCUT2D eigenvalue weighted by Gasteiger charge is -2.34. The number of fused-ring (bicyclic) bond motifs is 1. The smallest absolute Gasteiger partial charge is 0.312 e. The van der Waals surface area contributed by atoms with Crippen molar-refractivity contribution in [1.82, 2.24) is 9.80 Å². The molecule has 2 aliphatic rings. The minimum atomic E-state index is -0.924. The van der Waals surface area contributed by atoms with Gasteiger partial charge in [-0.25, -0.2) is 0 Å². The molecule has 0 saturated carbocycles. The quantitative estimate of drug-likeness (QED) is 0.910. The molecule has 1 saturated heterocycles. The Kier molecular flexibility index (Phi) is 5.36. The molecule has 0 spiro atoms. The highest BCUT2D eigenvalue weighted by molar-refractivity contribution is 5.86. The largest absolute Gasteiger partial charge is 0.481 e. The van der Waals surface area contributed by atoms with Crippen molar-refractivity contribution >= 4 is 17.8 Å². The first-order valence-electron chi connectivity index (χ1n) is 8.92. The first-order valence-corrected chi connectivity index (χ1v) is 8.92. The normalized spacial score (nSPS) is 21.3. The van der Waals surface area contributed by atoms with E-state index >= 15 is 0 Å². The van der Waals surface area contributed by atoms with Gasteiger partial charge in [-0.1, -0.05) is 37.1 Å². The lowest BCUT2D eigenvalue weighted by molar-refractivity contribution is -0.144. The van der Waals surface area contributed by atoms with Crippen LogP contribution in [0.25, 0.3) is 0 Å². The monoisotopic (exact) mass is 344 g/mol. The number of likely N-dealkylation sites (tertiary alicyclic amines) is 1. The van der Waals surface area contributed by atoms with Crippen LogP contribution >= 0.6 is 0 Å². The Hall–Kier alpha value is -2.37. The van der Waals surface area contributed by atoms with Crippen LogP contribution in [-0.2, 0) is 20.9 Å². The van der Waals surface area contributed by atoms with Gasteiger partial charge in [0.05, 0.1) is 12.5 Å². The van der Waals surface area contributed by atoms with Crippen molar-refractivity contribution in [3.05, 3.63) is 35.4 Å². The average molecular weight is 344 g/mol. The molecular formula is C19H24N2O4. The molecule has 0 bridgehead atoms. The Morgan fingerprint density at radius 3 is 2.68 bits per heavy atom. The van der Waals surface area contributed by atoms with Crippen LogP contribution < -0.4 is 0 Å². The van der Waals surface area contributed by atoms with Crippen LogP contribution in [0, 0.1) is 0 Å². The number of hydrogen-bond acceptors (Lipinski definition) is 3. The number of hydrogen-bond donors (Lipinski definition) is 1. The summed E-state index contributed by atoms with van der Waals surface area (Å²) in [5.41, 5.74) is 1.65. The second kappa shape index (κ2) is 7.68. The van der Waals surface area contributed by atoms with Gasteiger partial charge in [0.1, 0.15) is 0 Å². The summed E-state index contributed by atoms with van der Waals surface area (Å²) in [6.45, 7) is 1.22. The fourth-order valence-corrected chi connectivity index (χ4v) is 3.65. The number of aliphatic carboxylic acids is 1. The molecule has 0 aromatic heterocycles. The maximum Gasteiger partial charge on any atom is 0.312 e. The van der Waals surface area contributed by atoms with Gasteiger partial charge in [0, 0.05) is 26.1 Å². The average Bonchev–Trinajstić information content (AvgIpc) is 2.60. The molecule has 1 fully saturated rings. The SMILES string of the molecule is O=C(O)C1CN(C(=O)CN2CCCCCCC2=O)Cc2ccccc21. The molecule has 1 atom stereocenters. The Morgan fingerprint density at radius 2 is 1.88 bits per heavy atom. The zero-order valence-corrected chi connectivity index (χ0v) is 14.3. The van der Waals surface area contributed by atoms with Crippen molar-refractivity contribution in [3.8, 4) is 0 Å². The Balaban J connectivity index is 1.72. The van der Waals surface area contributed by atoms with E-state index in [4.69, 9.17) is 0 Å². The lowest BCUT2D eigenvalue weighted by atomic mass is 9.90. The van der Waals surface area contributed by atoms with Crippen molar-refractivity contribution in [3.63, 3.8) is 0 Å². The fraction of sp³-hybridized carbons (Fsp3) is 0.526. The second-order valence-corrected chi connectivity index (χ2v) is 6.84. The van der Waals surface area contributed by atoms with E-state index in [9.17, 15) is 19.5 Å². The fourth-order valence-electron chi connectivity index (χ4n) is 3.65. The molecule has 6 nitrogen and oxygen atoms in total. The Morgan fingerprint density at radius 1 is 1.12 bits per heavy atom. The summed E-state index contributed by atoms with van der Waals surface area (Å²) in [5, 5.41) is 9.51. The zero-order valence-electron chi connectivity index (χ0n) is 14.3. The number of rotatable bonds is 3. The van der Waals surface area contributed by atoms with Gasteiger partial charge in [-0.2, -0.15) is 0 Å². The molecule has 1 aromatic rings. The molecule has 2 aliphatic heterocycles. The topological polar surface area (TPSA) is 77.9 Å². The number of carbonyl (C=O) groups is 3. The Labute approximate surface area is 147 Å². The van der Waals surface area contributed by atoms with Gasteiger partial charge in [0.25, 0.3) is 0 Å². The standard InChI is InChI=1S/C19H24N2O4/c22-17-9-3-1-2-6-10-20(17)13-18(23)21-11-14-7-4-5-8-15(14)16(12-21)19(24)25/h4-5,7-8,16H,1-3,6,9-13H2,(H,24,25). The van der Waals surface area contributed by atoms with E-state index in [2.05, 4.69) is 0 Å². The van der Waals surface area contributed by atoms with Gasteiger partial charge in [-0.3, -0.25) is 14.4 Å².